The zero-order valence-electron chi connectivity index (χ0n) is 16.0. The molecule has 1 saturated heterocycles. The average molecular weight is 375 g/mol. The lowest BCUT2D eigenvalue weighted by Gasteiger charge is -2.11. The highest BCUT2D eigenvalue weighted by molar-refractivity contribution is 5.75. The molecule has 1 aliphatic heterocycles. The van der Waals surface area contributed by atoms with Crippen LogP contribution < -0.4 is 11.2 Å². The molecular weight excluding hydrogens is 350 g/mol. The second kappa shape index (κ2) is 6.97. The Kier molecular flexibility index (Phi) is 4.65. The monoisotopic (exact) mass is 375 g/mol. The van der Waals surface area contributed by atoms with Crippen molar-refractivity contribution in [2.75, 3.05) is 19.8 Å². The predicted octanol–water partition coefficient (Wildman–Crippen LogP) is 0.673. The van der Waals surface area contributed by atoms with Gasteiger partial charge in [-0.2, -0.15) is 4.98 Å². The molecule has 1 atom stereocenters. The molecule has 9 heteroatoms. The van der Waals surface area contributed by atoms with Crippen LogP contribution in [0.1, 0.15) is 25.5 Å². The SMILES string of the molecule is CCOCCn1c(=O)c2c(nc3n(CC4CCCO4)c(C)cn23)n(C)c1=O. The molecule has 1 aliphatic rings. The van der Waals surface area contributed by atoms with E-state index in [1.807, 2.05) is 20.0 Å². The molecule has 9 nitrogen and oxygen atoms in total. The minimum Gasteiger partial charge on any atom is -0.380 e. The van der Waals surface area contributed by atoms with Crippen molar-refractivity contribution in [1.82, 2.24) is 23.1 Å². The Hall–Kier alpha value is -2.39. The van der Waals surface area contributed by atoms with Crippen molar-refractivity contribution in [1.29, 1.82) is 0 Å². The molecule has 0 N–H and O–H groups in total. The van der Waals surface area contributed by atoms with E-state index in [0.29, 0.717) is 36.7 Å². The fraction of sp³-hybridized carbons (Fsp3) is 0.611. The van der Waals surface area contributed by atoms with Crippen molar-refractivity contribution >= 4 is 16.9 Å². The predicted molar refractivity (Wildman–Crippen MR) is 100 cm³/mol. The Balaban J connectivity index is 1.88. The minimum atomic E-state index is -0.379. The van der Waals surface area contributed by atoms with Gasteiger partial charge in [-0.3, -0.25) is 18.3 Å². The Morgan fingerprint density at radius 3 is 2.85 bits per heavy atom. The van der Waals surface area contributed by atoms with Crippen LogP contribution in [0, 0.1) is 6.92 Å². The number of rotatable bonds is 6. The van der Waals surface area contributed by atoms with E-state index >= 15 is 0 Å². The minimum absolute atomic E-state index is 0.159. The van der Waals surface area contributed by atoms with Gasteiger partial charge in [-0.15, -0.1) is 0 Å². The van der Waals surface area contributed by atoms with Crippen LogP contribution in [0.15, 0.2) is 15.8 Å². The summed E-state index contributed by atoms with van der Waals surface area (Å²) in [4.78, 5) is 30.3. The van der Waals surface area contributed by atoms with E-state index in [-0.39, 0.29) is 23.9 Å². The Morgan fingerprint density at radius 1 is 1.33 bits per heavy atom. The van der Waals surface area contributed by atoms with E-state index in [1.54, 1.807) is 11.4 Å². The average Bonchev–Trinajstić information content (AvgIpc) is 3.34. The summed E-state index contributed by atoms with van der Waals surface area (Å²) in [6, 6.07) is 0. The van der Waals surface area contributed by atoms with Crippen molar-refractivity contribution < 1.29 is 9.47 Å². The van der Waals surface area contributed by atoms with Crippen LogP contribution in [-0.4, -0.2) is 49.0 Å². The van der Waals surface area contributed by atoms with Gasteiger partial charge >= 0.3 is 5.69 Å². The summed E-state index contributed by atoms with van der Waals surface area (Å²) < 4.78 is 17.6. The Bertz CT molecular complexity index is 1100. The number of hydrogen-bond donors (Lipinski definition) is 0. The number of imidazole rings is 2. The molecule has 0 radical (unpaired) electrons. The number of fused-ring (bicyclic) bond motifs is 3. The lowest BCUT2D eigenvalue weighted by Crippen LogP contribution is -2.40. The fourth-order valence-corrected chi connectivity index (χ4v) is 3.77. The highest BCUT2D eigenvalue weighted by Gasteiger charge is 2.23. The molecule has 3 aromatic rings. The molecule has 146 valence electrons. The first-order chi connectivity index (χ1) is 13.0. The summed E-state index contributed by atoms with van der Waals surface area (Å²) >= 11 is 0. The van der Waals surface area contributed by atoms with Crippen LogP contribution in [0.25, 0.3) is 16.9 Å². The molecule has 0 amide bonds. The maximum atomic E-state index is 13.0. The van der Waals surface area contributed by atoms with Gasteiger partial charge in [0.2, 0.25) is 5.78 Å². The van der Waals surface area contributed by atoms with E-state index in [0.717, 1.165) is 25.1 Å². The zero-order chi connectivity index (χ0) is 19.1. The molecule has 4 rings (SSSR count). The number of aromatic nitrogens is 5. The first-order valence-electron chi connectivity index (χ1n) is 9.40. The molecule has 0 spiro atoms. The summed E-state index contributed by atoms with van der Waals surface area (Å²) in [6.07, 6.45) is 4.15. The van der Waals surface area contributed by atoms with Gasteiger partial charge in [0.15, 0.2) is 11.2 Å². The molecule has 0 saturated carbocycles. The third-order valence-corrected chi connectivity index (χ3v) is 5.21. The van der Waals surface area contributed by atoms with E-state index in [4.69, 9.17) is 9.47 Å². The number of ether oxygens (including phenoxy) is 2. The molecular formula is C18H25N5O4. The van der Waals surface area contributed by atoms with Crippen molar-refractivity contribution in [3.05, 3.63) is 32.7 Å². The molecule has 0 aromatic carbocycles. The smallest absolute Gasteiger partial charge is 0.332 e. The zero-order valence-corrected chi connectivity index (χ0v) is 16.0. The van der Waals surface area contributed by atoms with Gasteiger partial charge in [-0.25, -0.2) is 4.79 Å². The summed E-state index contributed by atoms with van der Waals surface area (Å²) in [5.41, 5.74) is 1.10. The topological polar surface area (TPSA) is 84.7 Å². The highest BCUT2D eigenvalue weighted by Crippen LogP contribution is 2.20. The highest BCUT2D eigenvalue weighted by atomic mass is 16.5. The second-order valence-corrected chi connectivity index (χ2v) is 6.97. The first-order valence-corrected chi connectivity index (χ1v) is 9.40. The van der Waals surface area contributed by atoms with Crippen molar-refractivity contribution in [2.24, 2.45) is 7.05 Å². The lowest BCUT2D eigenvalue weighted by atomic mass is 10.2. The lowest BCUT2D eigenvalue weighted by molar-refractivity contribution is 0.0974. The van der Waals surface area contributed by atoms with E-state index in [9.17, 15) is 9.59 Å². The molecule has 0 bridgehead atoms. The molecule has 0 aliphatic carbocycles. The first kappa shape index (κ1) is 18.0. The number of aryl methyl sites for hydroxylation is 2. The quantitative estimate of drug-likeness (QED) is 0.592. The van der Waals surface area contributed by atoms with Gasteiger partial charge in [-0.05, 0) is 26.7 Å². The summed E-state index contributed by atoms with van der Waals surface area (Å²) in [6.45, 7) is 6.43. The largest absolute Gasteiger partial charge is 0.380 e. The van der Waals surface area contributed by atoms with Crippen LogP contribution >= 0.6 is 0 Å². The van der Waals surface area contributed by atoms with Crippen molar-refractivity contribution in [2.45, 2.75) is 45.9 Å². The van der Waals surface area contributed by atoms with Gasteiger partial charge in [-0.1, -0.05) is 0 Å². The number of hydrogen-bond acceptors (Lipinski definition) is 5. The fourth-order valence-electron chi connectivity index (χ4n) is 3.77. The molecule has 3 aromatic heterocycles. The molecule has 27 heavy (non-hydrogen) atoms. The molecule has 1 fully saturated rings. The van der Waals surface area contributed by atoms with Crippen LogP contribution in [0.4, 0.5) is 0 Å². The van der Waals surface area contributed by atoms with Gasteiger partial charge in [0.05, 0.1) is 25.8 Å². The molecule has 4 heterocycles. The Morgan fingerprint density at radius 2 is 2.15 bits per heavy atom. The van der Waals surface area contributed by atoms with E-state index in [1.165, 1.54) is 9.13 Å². The van der Waals surface area contributed by atoms with Crippen LogP contribution in [0.3, 0.4) is 0 Å². The third kappa shape index (κ3) is 2.90. The summed E-state index contributed by atoms with van der Waals surface area (Å²) in [7, 11) is 1.64. The van der Waals surface area contributed by atoms with Crippen LogP contribution in [-0.2, 0) is 29.6 Å². The maximum Gasteiger partial charge on any atom is 0.332 e. The van der Waals surface area contributed by atoms with Crippen LogP contribution in [0.5, 0.6) is 0 Å². The normalized spacial score (nSPS) is 17.5. The van der Waals surface area contributed by atoms with E-state index < -0.39 is 0 Å². The van der Waals surface area contributed by atoms with Gasteiger partial charge < -0.3 is 14.0 Å². The van der Waals surface area contributed by atoms with Crippen LogP contribution in [0.2, 0.25) is 0 Å². The standard InChI is InChI=1S/C18H25N5O4/c1-4-26-9-7-21-16(24)14-15(20(3)18(21)25)19-17-22(12(2)10-23(14)17)11-13-6-5-8-27-13/h10,13H,4-9,11H2,1-3H3. The van der Waals surface area contributed by atoms with Gasteiger partial charge in [0.25, 0.3) is 5.56 Å². The maximum absolute atomic E-state index is 13.0. The van der Waals surface area contributed by atoms with Crippen molar-refractivity contribution in [3.8, 4) is 0 Å². The Labute approximate surface area is 155 Å². The summed E-state index contributed by atoms with van der Waals surface area (Å²) in [5, 5.41) is 0. The van der Waals surface area contributed by atoms with Gasteiger partial charge in [0, 0.05) is 32.2 Å². The third-order valence-electron chi connectivity index (χ3n) is 5.21. The van der Waals surface area contributed by atoms with E-state index in [2.05, 4.69) is 9.55 Å². The molecule has 1 unspecified atom stereocenters. The van der Waals surface area contributed by atoms with Crippen molar-refractivity contribution in [3.63, 3.8) is 0 Å². The second-order valence-electron chi connectivity index (χ2n) is 6.97. The summed E-state index contributed by atoms with van der Waals surface area (Å²) in [5.74, 6) is 0.660. The van der Waals surface area contributed by atoms with Gasteiger partial charge in [0.1, 0.15) is 0 Å². The number of nitrogens with zero attached hydrogens (tertiary/aromatic N) is 5.